The Labute approximate surface area is 141 Å². The molecule has 0 saturated heterocycles. The number of hydrogen-bond donors (Lipinski definition) is 1. The van der Waals surface area contributed by atoms with Gasteiger partial charge in [-0.1, -0.05) is 24.3 Å². The summed E-state index contributed by atoms with van der Waals surface area (Å²) in [7, 11) is 1.64. The van der Waals surface area contributed by atoms with Crippen molar-refractivity contribution in [3.8, 4) is 5.75 Å². The summed E-state index contributed by atoms with van der Waals surface area (Å²) in [5.74, 6) is 0.827. The molecule has 3 rings (SSSR count). The predicted molar refractivity (Wildman–Crippen MR) is 93.9 cm³/mol. The van der Waals surface area contributed by atoms with E-state index >= 15 is 0 Å². The number of hydrogen-bond acceptors (Lipinski definition) is 3. The molecule has 0 radical (unpaired) electrons. The second kappa shape index (κ2) is 7.17. The summed E-state index contributed by atoms with van der Waals surface area (Å²) in [5, 5.41) is 8.46. The van der Waals surface area contributed by atoms with Gasteiger partial charge in [0, 0.05) is 18.4 Å². The van der Waals surface area contributed by atoms with Gasteiger partial charge in [0.05, 0.1) is 25.4 Å². The van der Waals surface area contributed by atoms with Crippen LogP contribution in [-0.2, 0) is 17.9 Å². The summed E-state index contributed by atoms with van der Waals surface area (Å²) < 4.78 is 7.01. The highest BCUT2D eigenvalue weighted by atomic mass is 16.5. The first-order chi connectivity index (χ1) is 11.7. The molecule has 3 aromatic rings. The molecule has 0 saturated carbocycles. The number of nitrogens with zero attached hydrogens (tertiary/aromatic N) is 2. The number of fused-ring (bicyclic) bond motifs is 1. The number of ether oxygens (including phenoxy) is 1. The monoisotopic (exact) mass is 323 g/mol. The van der Waals surface area contributed by atoms with Crippen LogP contribution in [0, 0.1) is 6.92 Å². The standard InChI is InChI=1S/C19H21N3O2/c1-14-4-3-5-18-17(14)13-21-22(18)11-10-19(23)20-12-15-6-8-16(24-2)9-7-15/h3-9,13H,10-12H2,1-2H3,(H,20,23). The molecule has 5 nitrogen and oxygen atoms in total. The molecule has 1 amide bonds. The van der Waals surface area contributed by atoms with Crippen LogP contribution >= 0.6 is 0 Å². The minimum absolute atomic E-state index is 0.0159. The first-order valence-corrected chi connectivity index (χ1v) is 7.98. The Morgan fingerprint density at radius 2 is 2.00 bits per heavy atom. The predicted octanol–water partition coefficient (Wildman–Crippen LogP) is 3.06. The second-order valence-corrected chi connectivity index (χ2v) is 5.75. The number of aryl methyl sites for hydroxylation is 2. The number of methoxy groups -OCH3 is 1. The van der Waals surface area contributed by atoms with E-state index in [1.807, 2.05) is 47.3 Å². The Bertz CT molecular complexity index is 837. The maximum atomic E-state index is 12.1. The average Bonchev–Trinajstić information content (AvgIpc) is 3.03. The number of amides is 1. The summed E-state index contributed by atoms with van der Waals surface area (Å²) >= 11 is 0. The van der Waals surface area contributed by atoms with Gasteiger partial charge in [0.15, 0.2) is 0 Å². The van der Waals surface area contributed by atoms with E-state index in [1.54, 1.807) is 7.11 Å². The van der Waals surface area contributed by atoms with E-state index in [-0.39, 0.29) is 5.91 Å². The van der Waals surface area contributed by atoms with Crippen molar-refractivity contribution >= 4 is 16.8 Å². The molecule has 1 aromatic heterocycles. The van der Waals surface area contributed by atoms with Crippen LogP contribution in [0.1, 0.15) is 17.5 Å². The minimum Gasteiger partial charge on any atom is -0.497 e. The molecular formula is C19H21N3O2. The number of benzene rings is 2. The molecule has 0 spiro atoms. The molecule has 0 aliphatic carbocycles. The molecule has 124 valence electrons. The van der Waals surface area contributed by atoms with Gasteiger partial charge >= 0.3 is 0 Å². The van der Waals surface area contributed by atoms with Crippen molar-refractivity contribution in [3.63, 3.8) is 0 Å². The van der Waals surface area contributed by atoms with Gasteiger partial charge in [-0.05, 0) is 36.2 Å². The molecule has 0 aliphatic heterocycles. The number of rotatable bonds is 6. The van der Waals surface area contributed by atoms with Crippen molar-refractivity contribution in [1.82, 2.24) is 15.1 Å². The molecule has 1 heterocycles. The summed E-state index contributed by atoms with van der Waals surface area (Å²) in [6.07, 6.45) is 2.26. The van der Waals surface area contributed by atoms with Gasteiger partial charge < -0.3 is 10.1 Å². The normalized spacial score (nSPS) is 10.8. The summed E-state index contributed by atoms with van der Waals surface area (Å²) in [6.45, 7) is 3.15. The molecule has 2 aromatic carbocycles. The third kappa shape index (κ3) is 3.56. The Balaban J connectivity index is 1.54. The number of carbonyl (C=O) groups is 1. The quantitative estimate of drug-likeness (QED) is 0.758. The zero-order valence-corrected chi connectivity index (χ0v) is 14.0. The highest BCUT2D eigenvalue weighted by Gasteiger charge is 2.07. The fourth-order valence-corrected chi connectivity index (χ4v) is 2.67. The zero-order valence-electron chi connectivity index (χ0n) is 14.0. The van der Waals surface area contributed by atoms with E-state index in [1.165, 1.54) is 5.56 Å². The van der Waals surface area contributed by atoms with E-state index in [4.69, 9.17) is 4.74 Å². The van der Waals surface area contributed by atoms with Crippen molar-refractivity contribution in [2.24, 2.45) is 0 Å². The van der Waals surface area contributed by atoms with E-state index < -0.39 is 0 Å². The van der Waals surface area contributed by atoms with Crippen LogP contribution in [-0.4, -0.2) is 22.8 Å². The Kier molecular flexibility index (Phi) is 4.79. The van der Waals surface area contributed by atoms with Gasteiger partial charge in [-0.3, -0.25) is 9.48 Å². The lowest BCUT2D eigenvalue weighted by molar-refractivity contribution is -0.121. The topological polar surface area (TPSA) is 56.1 Å². The van der Waals surface area contributed by atoms with Crippen molar-refractivity contribution < 1.29 is 9.53 Å². The van der Waals surface area contributed by atoms with Crippen LogP contribution in [0.4, 0.5) is 0 Å². The highest BCUT2D eigenvalue weighted by molar-refractivity contribution is 5.82. The lowest BCUT2D eigenvalue weighted by Gasteiger charge is -2.07. The summed E-state index contributed by atoms with van der Waals surface area (Å²) in [4.78, 5) is 12.1. The van der Waals surface area contributed by atoms with E-state index in [2.05, 4.69) is 23.4 Å². The Hall–Kier alpha value is -2.82. The van der Waals surface area contributed by atoms with Crippen molar-refractivity contribution in [2.75, 3.05) is 7.11 Å². The van der Waals surface area contributed by atoms with Gasteiger partial charge in [-0.2, -0.15) is 5.10 Å². The molecule has 1 N–H and O–H groups in total. The SMILES string of the molecule is COc1ccc(CNC(=O)CCn2ncc3c(C)cccc32)cc1. The summed E-state index contributed by atoms with van der Waals surface area (Å²) in [5.41, 5.74) is 3.31. The highest BCUT2D eigenvalue weighted by Crippen LogP contribution is 2.17. The third-order valence-corrected chi connectivity index (χ3v) is 4.10. The van der Waals surface area contributed by atoms with Crippen molar-refractivity contribution in [1.29, 1.82) is 0 Å². The van der Waals surface area contributed by atoms with Crippen LogP contribution in [0.25, 0.3) is 10.9 Å². The van der Waals surface area contributed by atoms with Gasteiger partial charge in [0.25, 0.3) is 0 Å². The molecular weight excluding hydrogens is 302 g/mol. The van der Waals surface area contributed by atoms with Gasteiger partial charge in [-0.25, -0.2) is 0 Å². The molecule has 0 unspecified atom stereocenters. The lowest BCUT2D eigenvalue weighted by atomic mass is 10.1. The van der Waals surface area contributed by atoms with E-state index in [0.717, 1.165) is 22.2 Å². The fourth-order valence-electron chi connectivity index (χ4n) is 2.67. The van der Waals surface area contributed by atoms with Crippen LogP contribution in [0.3, 0.4) is 0 Å². The molecule has 0 fully saturated rings. The second-order valence-electron chi connectivity index (χ2n) is 5.75. The lowest BCUT2D eigenvalue weighted by Crippen LogP contribution is -2.24. The van der Waals surface area contributed by atoms with Gasteiger partial charge in [0.2, 0.25) is 5.91 Å². The van der Waals surface area contributed by atoms with Crippen molar-refractivity contribution in [2.45, 2.75) is 26.4 Å². The average molecular weight is 323 g/mol. The Morgan fingerprint density at radius 3 is 2.75 bits per heavy atom. The van der Waals surface area contributed by atoms with Gasteiger partial charge in [0.1, 0.15) is 5.75 Å². The first kappa shape index (κ1) is 16.1. The molecule has 0 aliphatic rings. The van der Waals surface area contributed by atoms with Crippen LogP contribution in [0.5, 0.6) is 5.75 Å². The fraction of sp³-hybridized carbons (Fsp3) is 0.263. The van der Waals surface area contributed by atoms with Crippen molar-refractivity contribution in [3.05, 3.63) is 59.8 Å². The van der Waals surface area contributed by atoms with Crippen LogP contribution in [0.15, 0.2) is 48.7 Å². The molecule has 5 heteroatoms. The molecule has 24 heavy (non-hydrogen) atoms. The third-order valence-electron chi connectivity index (χ3n) is 4.10. The first-order valence-electron chi connectivity index (χ1n) is 7.98. The minimum atomic E-state index is 0.0159. The van der Waals surface area contributed by atoms with E-state index in [0.29, 0.717) is 19.5 Å². The number of aromatic nitrogens is 2. The maximum absolute atomic E-state index is 12.1. The van der Waals surface area contributed by atoms with Crippen LogP contribution in [0.2, 0.25) is 0 Å². The Morgan fingerprint density at radius 1 is 1.21 bits per heavy atom. The number of carbonyl (C=O) groups excluding carboxylic acids is 1. The van der Waals surface area contributed by atoms with Gasteiger partial charge in [-0.15, -0.1) is 0 Å². The number of nitrogens with one attached hydrogen (secondary N) is 1. The maximum Gasteiger partial charge on any atom is 0.222 e. The molecule has 0 bridgehead atoms. The largest absolute Gasteiger partial charge is 0.497 e. The summed E-state index contributed by atoms with van der Waals surface area (Å²) in [6, 6.07) is 13.8. The van der Waals surface area contributed by atoms with E-state index in [9.17, 15) is 4.79 Å². The zero-order chi connectivity index (χ0) is 16.9. The van der Waals surface area contributed by atoms with Crippen LogP contribution < -0.4 is 10.1 Å². The smallest absolute Gasteiger partial charge is 0.222 e. The molecule has 0 atom stereocenters.